The van der Waals surface area contributed by atoms with Crippen LogP contribution in [0.5, 0.6) is 0 Å². The Kier molecular flexibility index (Phi) is 6.73. The summed E-state index contributed by atoms with van der Waals surface area (Å²) in [5, 5.41) is 7.81. The molecule has 0 saturated carbocycles. The number of thiophene rings is 1. The Bertz CT molecular complexity index is 2080. The number of benzene rings is 2. The Hall–Kier alpha value is -5.10. The van der Waals surface area contributed by atoms with Crippen molar-refractivity contribution in [2.24, 2.45) is 12.8 Å². The van der Waals surface area contributed by atoms with Gasteiger partial charge in [-0.3, -0.25) is 14.3 Å². The number of fused-ring (bicyclic) bond motifs is 2. The molecule has 216 valence electrons. The van der Waals surface area contributed by atoms with Gasteiger partial charge in [0.25, 0.3) is 11.8 Å². The van der Waals surface area contributed by atoms with Gasteiger partial charge in [0, 0.05) is 29.1 Å². The van der Waals surface area contributed by atoms with E-state index in [4.69, 9.17) is 10.7 Å². The van der Waals surface area contributed by atoms with Crippen LogP contribution in [0.25, 0.3) is 43.5 Å². The van der Waals surface area contributed by atoms with E-state index in [9.17, 15) is 22.8 Å². The SMILES string of the molecule is Cc1ccc(-c2cc(C(F)(F)F)nc3sc(C(N)=O)c(NC(=O)c4cc(-c5cnn(C)c5C)nc5ccccc45)c23)cc1. The second kappa shape index (κ2) is 10.3. The van der Waals surface area contributed by atoms with E-state index in [-0.39, 0.29) is 31.9 Å². The van der Waals surface area contributed by atoms with Crippen LogP contribution in [-0.4, -0.2) is 31.6 Å². The highest BCUT2D eigenvalue weighted by atomic mass is 32.1. The maximum absolute atomic E-state index is 14.0. The van der Waals surface area contributed by atoms with Gasteiger partial charge in [-0.1, -0.05) is 48.0 Å². The molecule has 0 aliphatic rings. The van der Waals surface area contributed by atoms with Gasteiger partial charge >= 0.3 is 6.18 Å². The second-order valence-corrected chi connectivity index (χ2v) is 11.1. The monoisotopic (exact) mass is 600 g/mol. The maximum Gasteiger partial charge on any atom is 0.433 e. The van der Waals surface area contributed by atoms with Crippen LogP contribution in [0.15, 0.2) is 66.9 Å². The number of aromatic nitrogens is 4. The Morgan fingerprint density at radius 1 is 0.977 bits per heavy atom. The largest absolute Gasteiger partial charge is 0.433 e. The van der Waals surface area contributed by atoms with E-state index in [0.29, 0.717) is 33.5 Å². The number of primary amides is 1. The molecule has 12 heteroatoms. The first-order valence-electron chi connectivity index (χ1n) is 13.0. The van der Waals surface area contributed by atoms with Gasteiger partial charge in [-0.2, -0.15) is 18.3 Å². The summed E-state index contributed by atoms with van der Waals surface area (Å²) in [6, 6.07) is 16.5. The molecular weight excluding hydrogens is 577 g/mol. The Morgan fingerprint density at radius 3 is 2.35 bits per heavy atom. The first-order chi connectivity index (χ1) is 20.4. The Labute approximate surface area is 247 Å². The van der Waals surface area contributed by atoms with E-state index >= 15 is 0 Å². The van der Waals surface area contributed by atoms with Gasteiger partial charge in [-0.05, 0) is 43.2 Å². The van der Waals surface area contributed by atoms with Crippen LogP contribution in [0.2, 0.25) is 0 Å². The van der Waals surface area contributed by atoms with Crippen molar-refractivity contribution < 1.29 is 22.8 Å². The van der Waals surface area contributed by atoms with E-state index in [1.54, 1.807) is 72.5 Å². The molecule has 4 heterocycles. The van der Waals surface area contributed by atoms with Crippen LogP contribution in [0, 0.1) is 13.8 Å². The minimum absolute atomic E-state index is 0.00528. The number of hydrogen-bond acceptors (Lipinski definition) is 6. The fraction of sp³-hybridized carbons (Fsp3) is 0.129. The van der Waals surface area contributed by atoms with Gasteiger partial charge in [0.1, 0.15) is 15.4 Å². The Balaban J connectivity index is 1.57. The number of rotatable bonds is 5. The fourth-order valence-electron chi connectivity index (χ4n) is 4.93. The van der Waals surface area contributed by atoms with Crippen molar-refractivity contribution >= 4 is 50.0 Å². The predicted molar refractivity (Wildman–Crippen MR) is 160 cm³/mol. The van der Waals surface area contributed by atoms with Crippen molar-refractivity contribution in [3.63, 3.8) is 0 Å². The summed E-state index contributed by atoms with van der Waals surface area (Å²) in [4.78, 5) is 35.0. The number of amides is 2. The van der Waals surface area contributed by atoms with Crippen LogP contribution < -0.4 is 11.1 Å². The zero-order valence-corrected chi connectivity index (χ0v) is 23.9. The van der Waals surface area contributed by atoms with E-state index < -0.39 is 23.7 Å². The highest BCUT2D eigenvalue weighted by Crippen LogP contribution is 2.44. The smallest absolute Gasteiger partial charge is 0.365 e. The van der Waals surface area contributed by atoms with Crippen molar-refractivity contribution in [2.45, 2.75) is 20.0 Å². The third kappa shape index (κ3) is 4.99. The molecule has 3 N–H and O–H groups in total. The second-order valence-electron chi connectivity index (χ2n) is 10.1. The van der Waals surface area contributed by atoms with E-state index in [2.05, 4.69) is 15.4 Å². The lowest BCUT2D eigenvalue weighted by atomic mass is 9.99. The van der Waals surface area contributed by atoms with Crippen molar-refractivity contribution in [3.8, 4) is 22.4 Å². The van der Waals surface area contributed by atoms with Crippen molar-refractivity contribution in [1.82, 2.24) is 19.7 Å². The minimum Gasteiger partial charge on any atom is -0.365 e. The molecule has 2 aromatic carbocycles. The molecule has 0 fully saturated rings. The zero-order chi connectivity index (χ0) is 30.6. The molecule has 6 aromatic rings. The van der Waals surface area contributed by atoms with Gasteiger partial charge < -0.3 is 11.1 Å². The topological polar surface area (TPSA) is 116 Å². The summed E-state index contributed by atoms with van der Waals surface area (Å²) in [6.45, 7) is 3.74. The number of halogens is 3. The maximum atomic E-state index is 14.0. The number of pyridine rings is 2. The summed E-state index contributed by atoms with van der Waals surface area (Å²) in [5.41, 5.74) is 8.95. The molecule has 0 aliphatic carbocycles. The summed E-state index contributed by atoms with van der Waals surface area (Å²) in [6.07, 6.45) is -3.09. The van der Waals surface area contributed by atoms with Crippen molar-refractivity contribution in [3.05, 3.63) is 94.3 Å². The van der Waals surface area contributed by atoms with Gasteiger partial charge in [0.05, 0.1) is 28.7 Å². The molecule has 8 nitrogen and oxygen atoms in total. The minimum atomic E-state index is -4.75. The van der Waals surface area contributed by atoms with E-state index in [0.717, 1.165) is 22.9 Å². The van der Waals surface area contributed by atoms with Crippen LogP contribution in [0.3, 0.4) is 0 Å². The fourth-order valence-corrected chi connectivity index (χ4v) is 5.94. The predicted octanol–water partition coefficient (Wildman–Crippen LogP) is 6.90. The quantitative estimate of drug-likeness (QED) is 0.223. The normalized spacial score (nSPS) is 11.8. The number of alkyl halides is 3. The van der Waals surface area contributed by atoms with Crippen LogP contribution >= 0.6 is 11.3 Å². The number of aryl methyl sites for hydroxylation is 2. The number of hydrogen-bond donors (Lipinski definition) is 2. The molecule has 2 amide bonds. The number of nitrogens with two attached hydrogens (primary N) is 1. The van der Waals surface area contributed by atoms with Gasteiger partial charge in [-0.25, -0.2) is 9.97 Å². The van der Waals surface area contributed by atoms with Crippen LogP contribution in [0.4, 0.5) is 18.9 Å². The summed E-state index contributed by atoms with van der Waals surface area (Å²) in [7, 11) is 1.80. The third-order valence-corrected chi connectivity index (χ3v) is 8.35. The molecule has 0 unspecified atom stereocenters. The lowest BCUT2D eigenvalue weighted by Crippen LogP contribution is -2.17. The number of nitrogens with zero attached hydrogens (tertiary/aromatic N) is 4. The molecule has 43 heavy (non-hydrogen) atoms. The summed E-state index contributed by atoms with van der Waals surface area (Å²) >= 11 is 0.696. The lowest BCUT2D eigenvalue weighted by molar-refractivity contribution is -0.140. The average Bonchev–Trinajstić information content (AvgIpc) is 3.51. The van der Waals surface area contributed by atoms with Crippen molar-refractivity contribution in [2.75, 3.05) is 5.32 Å². The van der Waals surface area contributed by atoms with Gasteiger partial charge in [0.15, 0.2) is 0 Å². The summed E-state index contributed by atoms with van der Waals surface area (Å²) in [5.74, 6) is -1.51. The molecule has 4 aromatic heterocycles. The van der Waals surface area contributed by atoms with Crippen LogP contribution in [0.1, 0.15) is 37.0 Å². The number of anilines is 1. The number of para-hydroxylation sites is 1. The number of nitrogens with one attached hydrogen (secondary N) is 1. The standard InChI is InChI=1S/C31H23F3N6O2S/c1-15-8-10-17(11-9-15)19-13-24(31(32,33)34)38-30-25(19)26(27(43-30)28(35)41)39-29(42)20-12-23(21-14-36-40(3)16(21)2)37-22-7-5-4-6-18(20)22/h4-14H,1-3H3,(H2,35,41)(H,39,42). The van der Waals surface area contributed by atoms with E-state index in [1.165, 1.54) is 0 Å². The highest BCUT2D eigenvalue weighted by molar-refractivity contribution is 7.21. The molecule has 0 radical (unpaired) electrons. The third-order valence-electron chi connectivity index (χ3n) is 7.25. The molecular formula is C31H23F3N6O2S. The van der Waals surface area contributed by atoms with Gasteiger partial charge in [-0.15, -0.1) is 11.3 Å². The molecule has 0 atom stereocenters. The molecule has 0 bridgehead atoms. The Morgan fingerprint density at radius 2 is 1.70 bits per heavy atom. The van der Waals surface area contributed by atoms with E-state index in [1.807, 2.05) is 13.8 Å². The number of carbonyl (C=O) groups is 2. The summed E-state index contributed by atoms with van der Waals surface area (Å²) < 4.78 is 43.4. The highest BCUT2D eigenvalue weighted by Gasteiger charge is 2.35. The van der Waals surface area contributed by atoms with Crippen molar-refractivity contribution in [1.29, 1.82) is 0 Å². The molecule has 6 rings (SSSR count). The molecule has 0 saturated heterocycles. The first-order valence-corrected chi connectivity index (χ1v) is 13.9. The molecule has 0 aliphatic heterocycles. The first kappa shape index (κ1) is 28.0. The zero-order valence-electron chi connectivity index (χ0n) is 23.1. The lowest BCUT2D eigenvalue weighted by Gasteiger charge is -2.14. The van der Waals surface area contributed by atoms with Gasteiger partial charge in [0.2, 0.25) is 0 Å². The number of carbonyl (C=O) groups excluding carboxylic acids is 2. The molecule has 0 spiro atoms. The van der Waals surface area contributed by atoms with Crippen LogP contribution in [-0.2, 0) is 13.2 Å². The average molecular weight is 601 g/mol.